The van der Waals surface area contributed by atoms with Gasteiger partial charge in [-0.1, -0.05) is 64.4 Å². The lowest BCUT2D eigenvalue weighted by atomic mass is 9.95. The Kier molecular flexibility index (Phi) is 10.6. The van der Waals surface area contributed by atoms with Gasteiger partial charge in [-0.05, 0) is 81.0 Å². The van der Waals surface area contributed by atoms with Crippen molar-refractivity contribution in [3.63, 3.8) is 0 Å². The normalized spacial score (nSPS) is 18.3. The van der Waals surface area contributed by atoms with E-state index in [0.29, 0.717) is 36.7 Å². The molecule has 222 valence electrons. The smallest absolute Gasteiger partial charge is 0.410 e. The second-order valence-electron chi connectivity index (χ2n) is 11.4. The molecular formula is C33H44ClFN4O2. The van der Waals surface area contributed by atoms with Crippen LogP contribution in [0.25, 0.3) is 22.9 Å². The van der Waals surface area contributed by atoms with Crippen LogP contribution in [0.5, 0.6) is 0 Å². The quantitative estimate of drug-likeness (QED) is 0.383. The van der Waals surface area contributed by atoms with Gasteiger partial charge in [0, 0.05) is 23.1 Å². The van der Waals surface area contributed by atoms with Crippen molar-refractivity contribution >= 4 is 40.6 Å². The molecule has 2 aromatic rings. The van der Waals surface area contributed by atoms with Gasteiger partial charge in [0.1, 0.15) is 11.4 Å². The third-order valence-electron chi connectivity index (χ3n) is 6.83. The zero-order valence-corrected chi connectivity index (χ0v) is 26.2. The summed E-state index contributed by atoms with van der Waals surface area (Å²) in [5.41, 5.74) is 12.7. The van der Waals surface area contributed by atoms with E-state index in [4.69, 9.17) is 27.2 Å². The molecule has 1 aliphatic heterocycles. The Morgan fingerprint density at radius 3 is 2.51 bits per heavy atom. The first-order valence-electron chi connectivity index (χ1n) is 14.5. The molecule has 0 fully saturated rings. The molecule has 0 saturated carbocycles. The number of ether oxygens (including phenoxy) is 1. The highest BCUT2D eigenvalue weighted by molar-refractivity contribution is 6.30. The number of benzene rings is 1. The number of nitrogens with zero attached hydrogens (tertiary/aromatic N) is 3. The Balaban J connectivity index is 0.00000226. The van der Waals surface area contributed by atoms with Gasteiger partial charge in [-0.2, -0.15) is 5.10 Å². The summed E-state index contributed by atoms with van der Waals surface area (Å²) in [6, 6.07) is 6.30. The summed E-state index contributed by atoms with van der Waals surface area (Å²) < 4.78 is 21.4. The van der Waals surface area contributed by atoms with Crippen LogP contribution in [-0.2, 0) is 11.2 Å². The minimum Gasteiger partial charge on any atom is -0.444 e. The number of rotatable bonds is 5. The van der Waals surface area contributed by atoms with Crippen LogP contribution >= 0.6 is 11.6 Å². The van der Waals surface area contributed by atoms with Crippen molar-refractivity contribution in [3.8, 4) is 0 Å². The van der Waals surface area contributed by atoms with Crippen LogP contribution in [0.4, 0.5) is 9.18 Å². The number of hydrogen-bond acceptors (Lipinski definition) is 4. The number of hydrogen-bond donors (Lipinski definition) is 1. The number of amides is 1. The van der Waals surface area contributed by atoms with E-state index < -0.39 is 5.60 Å². The second-order valence-corrected chi connectivity index (χ2v) is 11.8. The van der Waals surface area contributed by atoms with E-state index in [-0.39, 0.29) is 17.8 Å². The molecule has 0 bridgehead atoms. The van der Waals surface area contributed by atoms with Gasteiger partial charge in [0.05, 0.1) is 29.3 Å². The number of halogens is 2. The fourth-order valence-corrected chi connectivity index (χ4v) is 5.51. The third-order valence-corrected chi connectivity index (χ3v) is 7.10. The van der Waals surface area contributed by atoms with E-state index in [1.807, 2.05) is 45.4 Å². The molecule has 8 heteroatoms. The Hall–Kier alpha value is -3.32. The average molecular weight is 583 g/mol. The predicted molar refractivity (Wildman–Crippen MR) is 168 cm³/mol. The first kappa shape index (κ1) is 32.2. The highest BCUT2D eigenvalue weighted by Gasteiger charge is 2.33. The molecule has 2 N–H and O–H groups in total. The van der Waals surface area contributed by atoms with Crippen molar-refractivity contribution in [1.29, 1.82) is 0 Å². The molecular weight excluding hydrogens is 539 g/mol. The van der Waals surface area contributed by atoms with Crippen molar-refractivity contribution in [2.45, 2.75) is 79.8 Å². The molecule has 1 aromatic carbocycles. The monoisotopic (exact) mass is 582 g/mol. The van der Waals surface area contributed by atoms with Crippen molar-refractivity contribution < 1.29 is 13.9 Å². The number of carbonyl (C=O) groups is 1. The summed E-state index contributed by atoms with van der Waals surface area (Å²) in [6.45, 7) is 18.9. The summed E-state index contributed by atoms with van der Waals surface area (Å²) in [6.07, 6.45) is 6.35. The minimum atomic E-state index is -0.628. The first-order chi connectivity index (χ1) is 19.4. The molecule has 6 nitrogen and oxygen atoms in total. The van der Waals surface area contributed by atoms with Crippen molar-refractivity contribution in [2.75, 3.05) is 13.1 Å². The molecule has 2 heterocycles. The van der Waals surface area contributed by atoms with Gasteiger partial charge in [0.25, 0.3) is 0 Å². The third kappa shape index (κ3) is 7.70. The van der Waals surface area contributed by atoms with E-state index in [1.54, 1.807) is 23.1 Å². The van der Waals surface area contributed by atoms with Gasteiger partial charge in [-0.25, -0.2) is 13.9 Å². The van der Waals surface area contributed by atoms with E-state index >= 15 is 0 Å². The molecule has 1 aliphatic carbocycles. The lowest BCUT2D eigenvalue weighted by molar-refractivity contribution is 0.0279. The molecule has 1 unspecified atom stereocenters. The number of nitrogens with two attached hydrogens (primary N) is 1. The summed E-state index contributed by atoms with van der Waals surface area (Å²) in [7, 11) is 0. The topological polar surface area (TPSA) is 73.4 Å². The number of allylic oxidation sites excluding steroid dienone is 4. The highest BCUT2D eigenvalue weighted by atomic mass is 35.5. The van der Waals surface area contributed by atoms with Gasteiger partial charge < -0.3 is 15.4 Å². The zero-order chi connectivity index (χ0) is 30.5. The summed E-state index contributed by atoms with van der Waals surface area (Å²) in [4.78, 5) is 15.0. The minimum absolute atomic E-state index is 0.0241. The molecule has 1 amide bonds. The molecule has 41 heavy (non-hydrogen) atoms. The highest BCUT2D eigenvalue weighted by Crippen LogP contribution is 2.39. The van der Waals surface area contributed by atoms with Crippen LogP contribution in [0.1, 0.15) is 90.2 Å². The van der Waals surface area contributed by atoms with E-state index in [1.165, 1.54) is 12.1 Å². The predicted octanol–water partition coefficient (Wildman–Crippen LogP) is 8.49. The molecule has 0 spiro atoms. The zero-order valence-electron chi connectivity index (χ0n) is 25.5. The maximum absolute atomic E-state index is 13.7. The maximum atomic E-state index is 13.7. The fraction of sp³-hybridized carbons (Fsp3) is 0.455. The standard InChI is InChI=1S/C31H38ClFN4O2.C2H6/c1-7-8-19(2)27-25-13-14-36(30(38)39-31(4,5)6)18-22(16-21-9-11-24(33)12-10-21)29(25)37(35-27)28-20(3)15-23(32)17-26(28)34;1-2/h9-12,16-17,20H,2,7-8,13-15,18,34H2,1,3-6H3;1-2H3/b22-16+;. The van der Waals surface area contributed by atoms with E-state index in [0.717, 1.165) is 52.2 Å². The number of aromatic nitrogens is 2. The van der Waals surface area contributed by atoms with Gasteiger partial charge >= 0.3 is 6.09 Å². The molecule has 0 saturated heterocycles. The summed E-state index contributed by atoms with van der Waals surface area (Å²) in [5, 5.41) is 5.81. The molecule has 1 atom stereocenters. The molecule has 4 rings (SSSR count). The van der Waals surface area contributed by atoms with Crippen molar-refractivity contribution in [3.05, 3.63) is 76.0 Å². The van der Waals surface area contributed by atoms with Gasteiger partial charge in [-0.3, -0.25) is 0 Å². The van der Waals surface area contributed by atoms with Crippen LogP contribution in [0.15, 0.2) is 47.6 Å². The largest absolute Gasteiger partial charge is 0.444 e. The van der Waals surface area contributed by atoms with Crippen molar-refractivity contribution in [2.24, 2.45) is 11.7 Å². The maximum Gasteiger partial charge on any atom is 0.410 e. The van der Waals surface area contributed by atoms with Gasteiger partial charge in [0.2, 0.25) is 0 Å². The molecule has 2 aliphatic rings. The van der Waals surface area contributed by atoms with E-state index in [2.05, 4.69) is 20.4 Å². The average Bonchev–Trinajstić information content (AvgIpc) is 3.15. The Bertz CT molecular complexity index is 1360. The van der Waals surface area contributed by atoms with Crippen LogP contribution in [0.3, 0.4) is 0 Å². The number of carbonyl (C=O) groups excluding carboxylic acids is 1. The van der Waals surface area contributed by atoms with E-state index in [9.17, 15) is 9.18 Å². The van der Waals surface area contributed by atoms with Gasteiger partial charge in [0.15, 0.2) is 0 Å². The Labute approximate surface area is 249 Å². The van der Waals surface area contributed by atoms with Gasteiger partial charge in [-0.15, -0.1) is 0 Å². The van der Waals surface area contributed by atoms with Crippen molar-refractivity contribution in [1.82, 2.24) is 14.7 Å². The summed E-state index contributed by atoms with van der Waals surface area (Å²) >= 11 is 6.38. The molecule has 0 radical (unpaired) electrons. The van der Waals surface area contributed by atoms with Crippen LogP contribution < -0.4 is 5.73 Å². The fourth-order valence-electron chi connectivity index (χ4n) is 5.16. The second kappa shape index (κ2) is 13.6. The molecule has 1 aromatic heterocycles. The Morgan fingerprint density at radius 1 is 1.27 bits per heavy atom. The summed E-state index contributed by atoms with van der Waals surface area (Å²) in [5.74, 6) is -0.286. The lowest BCUT2D eigenvalue weighted by Gasteiger charge is -2.27. The van der Waals surface area contributed by atoms with Crippen LogP contribution in [0, 0.1) is 11.7 Å². The number of fused-ring (bicyclic) bond motifs is 1. The first-order valence-corrected chi connectivity index (χ1v) is 14.9. The van der Waals surface area contributed by atoms with Crippen LogP contribution in [-0.4, -0.2) is 39.5 Å². The SMILES string of the molecule is C=C(CCC)c1nn(C2=C(N)C=C(Cl)CC2C)c2c1CCN(C(=O)OC(C)(C)C)C/C2=C\c1ccc(F)cc1.CC. The van der Waals surface area contributed by atoms with Crippen LogP contribution in [0.2, 0.25) is 0 Å². The Morgan fingerprint density at radius 2 is 1.93 bits per heavy atom. The lowest BCUT2D eigenvalue weighted by Crippen LogP contribution is -2.38.